The van der Waals surface area contributed by atoms with Gasteiger partial charge < -0.3 is 10.2 Å². The Hall–Kier alpha value is -0.710. The fourth-order valence-electron chi connectivity index (χ4n) is 2.68. The number of halogens is 1. The van der Waals surface area contributed by atoms with E-state index in [2.05, 4.69) is 17.6 Å². The van der Waals surface area contributed by atoms with Crippen molar-refractivity contribution in [2.45, 2.75) is 25.3 Å². The maximum absolute atomic E-state index is 12.5. The summed E-state index contributed by atoms with van der Waals surface area (Å²) in [5, 5.41) is 4.10. The van der Waals surface area contributed by atoms with Gasteiger partial charge in [-0.1, -0.05) is 23.7 Å². The van der Waals surface area contributed by atoms with Crippen molar-refractivity contribution >= 4 is 29.3 Å². The summed E-state index contributed by atoms with van der Waals surface area (Å²) in [5.41, 5.74) is 1.12. The molecule has 1 aliphatic rings. The summed E-state index contributed by atoms with van der Waals surface area (Å²) in [4.78, 5) is 14.5. The third-order valence-electron chi connectivity index (χ3n) is 3.79. The van der Waals surface area contributed by atoms with Crippen LogP contribution in [0.2, 0.25) is 5.02 Å². The van der Waals surface area contributed by atoms with Crippen LogP contribution in [0, 0.1) is 0 Å². The number of amides is 1. The molecule has 1 aliphatic heterocycles. The summed E-state index contributed by atoms with van der Waals surface area (Å²) in [6, 6.07) is 7.94. The third-order valence-corrected chi connectivity index (χ3v) is 4.72. The van der Waals surface area contributed by atoms with Gasteiger partial charge >= 0.3 is 0 Å². The summed E-state index contributed by atoms with van der Waals surface area (Å²) in [6.07, 6.45) is 4.84. The van der Waals surface area contributed by atoms with Crippen LogP contribution >= 0.6 is 23.4 Å². The van der Waals surface area contributed by atoms with E-state index in [0.717, 1.165) is 48.8 Å². The van der Waals surface area contributed by atoms with Crippen molar-refractivity contribution in [3.05, 3.63) is 34.9 Å². The number of rotatable bonds is 6. The Morgan fingerprint density at radius 2 is 2.33 bits per heavy atom. The van der Waals surface area contributed by atoms with Crippen LogP contribution in [-0.4, -0.2) is 42.4 Å². The molecule has 1 fully saturated rings. The number of nitrogens with one attached hydrogen (secondary N) is 1. The third kappa shape index (κ3) is 4.90. The molecule has 0 aromatic heterocycles. The van der Waals surface area contributed by atoms with Gasteiger partial charge in [-0.15, -0.1) is 0 Å². The number of piperazine rings is 1. The zero-order chi connectivity index (χ0) is 15.1. The van der Waals surface area contributed by atoms with Crippen LogP contribution in [0.5, 0.6) is 0 Å². The van der Waals surface area contributed by atoms with Crippen LogP contribution in [0.25, 0.3) is 0 Å². The quantitative estimate of drug-likeness (QED) is 0.814. The second-order valence-corrected chi connectivity index (χ2v) is 6.73. The molecule has 3 nitrogen and oxygen atoms in total. The van der Waals surface area contributed by atoms with Crippen LogP contribution in [0.4, 0.5) is 0 Å². The molecule has 0 saturated carbocycles. The van der Waals surface area contributed by atoms with Gasteiger partial charge in [-0.3, -0.25) is 4.79 Å². The lowest BCUT2D eigenvalue weighted by atomic mass is 10.0. The summed E-state index contributed by atoms with van der Waals surface area (Å²) in [5.74, 6) is 1.40. The SMILES string of the molecule is CSCCCCC(=O)N1CCNCC1c1cccc(Cl)c1. The number of carbonyl (C=O) groups is 1. The highest BCUT2D eigenvalue weighted by Crippen LogP contribution is 2.25. The Kier molecular flexibility index (Phi) is 6.87. The molecule has 5 heteroatoms. The van der Waals surface area contributed by atoms with Gasteiger partial charge in [0, 0.05) is 31.1 Å². The number of unbranched alkanes of at least 4 members (excludes halogenated alkanes) is 1. The van der Waals surface area contributed by atoms with Crippen LogP contribution in [-0.2, 0) is 4.79 Å². The first-order chi connectivity index (χ1) is 10.2. The largest absolute Gasteiger partial charge is 0.333 e. The average molecular weight is 327 g/mol. The number of thioether (sulfide) groups is 1. The van der Waals surface area contributed by atoms with Crippen molar-refractivity contribution in [2.24, 2.45) is 0 Å². The van der Waals surface area contributed by atoms with Gasteiger partial charge in [-0.2, -0.15) is 11.8 Å². The van der Waals surface area contributed by atoms with Crippen molar-refractivity contribution in [1.82, 2.24) is 10.2 Å². The minimum absolute atomic E-state index is 0.102. The average Bonchev–Trinajstić information content (AvgIpc) is 2.51. The molecular formula is C16H23ClN2OS. The van der Waals surface area contributed by atoms with Crippen LogP contribution in [0.1, 0.15) is 30.9 Å². The summed E-state index contributed by atoms with van der Waals surface area (Å²) in [6.45, 7) is 2.45. The van der Waals surface area contributed by atoms with Crippen molar-refractivity contribution in [1.29, 1.82) is 0 Å². The number of hydrogen-bond acceptors (Lipinski definition) is 3. The maximum Gasteiger partial charge on any atom is 0.223 e. The van der Waals surface area contributed by atoms with Gasteiger partial charge in [-0.05, 0) is 42.5 Å². The number of carbonyl (C=O) groups excluding carboxylic acids is 1. The second-order valence-electron chi connectivity index (χ2n) is 5.31. The van der Waals surface area contributed by atoms with Crippen LogP contribution < -0.4 is 5.32 Å². The number of hydrogen-bond donors (Lipinski definition) is 1. The normalized spacial score (nSPS) is 18.8. The fourth-order valence-corrected chi connectivity index (χ4v) is 3.37. The molecule has 1 N–H and O–H groups in total. The summed E-state index contributed by atoms with van der Waals surface area (Å²) < 4.78 is 0. The Balaban J connectivity index is 2.00. The van der Waals surface area contributed by atoms with Gasteiger partial charge in [-0.25, -0.2) is 0 Å². The predicted molar refractivity (Wildman–Crippen MR) is 91.0 cm³/mol. The van der Waals surface area contributed by atoms with Crippen molar-refractivity contribution in [3.63, 3.8) is 0 Å². The Bertz CT molecular complexity index is 469. The first kappa shape index (κ1) is 16.7. The topological polar surface area (TPSA) is 32.3 Å². The lowest BCUT2D eigenvalue weighted by Gasteiger charge is -2.36. The summed E-state index contributed by atoms with van der Waals surface area (Å²) >= 11 is 7.92. The summed E-state index contributed by atoms with van der Waals surface area (Å²) in [7, 11) is 0. The zero-order valence-corrected chi connectivity index (χ0v) is 14.1. The lowest BCUT2D eigenvalue weighted by Crippen LogP contribution is -2.48. The first-order valence-corrected chi connectivity index (χ1v) is 9.24. The molecule has 1 heterocycles. The standard InChI is InChI=1S/C16H23ClN2OS/c1-21-10-3-2-7-16(20)19-9-8-18-12-15(19)13-5-4-6-14(17)11-13/h4-6,11,15,18H,2-3,7-10,12H2,1H3. The zero-order valence-electron chi connectivity index (χ0n) is 12.5. The van der Waals surface area contributed by atoms with E-state index in [4.69, 9.17) is 11.6 Å². The molecule has 0 spiro atoms. The van der Waals surface area contributed by atoms with Gasteiger partial charge in [0.25, 0.3) is 0 Å². The smallest absolute Gasteiger partial charge is 0.223 e. The molecule has 0 bridgehead atoms. The first-order valence-electron chi connectivity index (χ1n) is 7.47. The highest BCUT2D eigenvalue weighted by atomic mass is 35.5. The molecule has 1 unspecified atom stereocenters. The fraction of sp³-hybridized carbons (Fsp3) is 0.562. The lowest BCUT2D eigenvalue weighted by molar-refractivity contribution is -0.134. The van der Waals surface area contributed by atoms with Gasteiger partial charge in [0.2, 0.25) is 5.91 Å². The van der Waals surface area contributed by atoms with E-state index in [1.165, 1.54) is 0 Å². The minimum Gasteiger partial charge on any atom is -0.333 e. The highest BCUT2D eigenvalue weighted by molar-refractivity contribution is 7.98. The van der Waals surface area contributed by atoms with E-state index in [-0.39, 0.29) is 11.9 Å². The van der Waals surface area contributed by atoms with Crippen molar-refractivity contribution < 1.29 is 4.79 Å². The number of benzene rings is 1. The number of nitrogens with zero attached hydrogens (tertiary/aromatic N) is 1. The van der Waals surface area contributed by atoms with Crippen LogP contribution in [0.3, 0.4) is 0 Å². The molecule has 0 radical (unpaired) electrons. The highest BCUT2D eigenvalue weighted by Gasteiger charge is 2.27. The van der Waals surface area contributed by atoms with E-state index in [1.54, 1.807) is 0 Å². The van der Waals surface area contributed by atoms with E-state index in [0.29, 0.717) is 6.42 Å². The molecule has 21 heavy (non-hydrogen) atoms. The molecule has 1 amide bonds. The Morgan fingerprint density at radius 1 is 1.48 bits per heavy atom. The molecule has 1 aromatic rings. The van der Waals surface area contributed by atoms with Gasteiger partial charge in [0.1, 0.15) is 0 Å². The van der Waals surface area contributed by atoms with Gasteiger partial charge in [0.15, 0.2) is 0 Å². The molecule has 1 aromatic carbocycles. The monoisotopic (exact) mass is 326 g/mol. The molecule has 2 rings (SSSR count). The second kappa shape index (κ2) is 8.66. The molecule has 0 aliphatic carbocycles. The van der Waals surface area contributed by atoms with E-state index in [9.17, 15) is 4.79 Å². The van der Waals surface area contributed by atoms with Crippen LogP contribution in [0.15, 0.2) is 24.3 Å². The predicted octanol–water partition coefficient (Wildman–Crippen LogP) is 3.35. The Labute approximate surface area is 136 Å². The Morgan fingerprint density at radius 3 is 3.10 bits per heavy atom. The van der Waals surface area contributed by atoms with E-state index in [1.807, 2.05) is 34.9 Å². The molecule has 116 valence electrons. The van der Waals surface area contributed by atoms with E-state index >= 15 is 0 Å². The molecule has 1 saturated heterocycles. The maximum atomic E-state index is 12.5. The minimum atomic E-state index is 0.102. The van der Waals surface area contributed by atoms with Crippen molar-refractivity contribution in [2.75, 3.05) is 31.6 Å². The molecule has 1 atom stereocenters. The van der Waals surface area contributed by atoms with Crippen molar-refractivity contribution in [3.8, 4) is 0 Å². The molecular weight excluding hydrogens is 304 g/mol. The van der Waals surface area contributed by atoms with Gasteiger partial charge in [0.05, 0.1) is 6.04 Å². The van der Waals surface area contributed by atoms with E-state index < -0.39 is 0 Å².